The van der Waals surface area contributed by atoms with Crippen LogP contribution in [0.25, 0.3) is 0 Å². The Morgan fingerprint density at radius 3 is 1.33 bits per heavy atom. The summed E-state index contributed by atoms with van der Waals surface area (Å²) in [5, 5.41) is 16.9. The summed E-state index contributed by atoms with van der Waals surface area (Å²) in [5.74, 6) is 0. The van der Waals surface area contributed by atoms with Crippen molar-refractivity contribution in [3.63, 3.8) is 0 Å². The molecule has 0 bridgehead atoms. The van der Waals surface area contributed by atoms with Crippen molar-refractivity contribution in [1.29, 1.82) is 0 Å². The number of hydrogen-bond donors (Lipinski definition) is 2. The summed E-state index contributed by atoms with van der Waals surface area (Å²) < 4.78 is 67.3. The Morgan fingerprint density at radius 2 is 1.04 bits per heavy atom. The molecule has 287 valence electrons. The standard InChI is InChI=1S/2C18H25F2NO3.CH4O.B.Na.H/c1-17(2,3)24-16(22)21-11-9-18(23-4,10-12-21)14-7-5-13(6-8-14)15(19)20;1-17(2,3)24-16(23)21-10-8-18(12-22,9-11-21)14-6-4-13(5-7-14)15(19)20;1-2;;;/h5-8,15H,9-12H2,1-4H3;4-7,15,22H,8-12H2,1-3H3;2H,1H3;;;/q;;;;+1;-1. The number of alkyl halides is 4. The van der Waals surface area contributed by atoms with Gasteiger partial charge in [-0.3, -0.25) is 0 Å². The number of likely N-dealkylation sites (tertiary alicyclic amines) is 2. The maximum absolute atomic E-state index is 12.7. The summed E-state index contributed by atoms with van der Waals surface area (Å²) in [7, 11) is 2.62. The van der Waals surface area contributed by atoms with Gasteiger partial charge in [0.05, 0.1) is 12.2 Å². The van der Waals surface area contributed by atoms with Crippen LogP contribution in [0, 0.1) is 0 Å². The minimum Gasteiger partial charge on any atom is -1.00 e. The Bertz CT molecular complexity index is 1250. The Morgan fingerprint density at radius 1 is 0.712 bits per heavy atom. The molecule has 2 aliphatic rings. The van der Waals surface area contributed by atoms with Gasteiger partial charge in [-0.05, 0) is 78.4 Å². The first-order chi connectivity index (χ1) is 23.3. The summed E-state index contributed by atoms with van der Waals surface area (Å²) in [6.45, 7) is 12.8. The van der Waals surface area contributed by atoms with Crippen LogP contribution in [0.5, 0.6) is 0 Å². The van der Waals surface area contributed by atoms with E-state index in [1.165, 1.54) is 24.3 Å². The van der Waals surface area contributed by atoms with Gasteiger partial charge >= 0.3 is 41.7 Å². The molecule has 2 aromatic rings. The van der Waals surface area contributed by atoms with Gasteiger partial charge in [-0.15, -0.1) is 0 Å². The smallest absolute Gasteiger partial charge is 1.00 e. The van der Waals surface area contributed by atoms with Gasteiger partial charge in [-0.2, -0.15) is 0 Å². The minimum absolute atomic E-state index is 0. The number of piperidine rings is 2. The molecule has 0 saturated carbocycles. The van der Waals surface area contributed by atoms with Gasteiger partial charge in [0.1, 0.15) is 11.2 Å². The maximum atomic E-state index is 12.7. The average molecular weight is 750 g/mol. The topological polar surface area (TPSA) is 109 Å². The summed E-state index contributed by atoms with van der Waals surface area (Å²) in [6, 6.07) is 12.3. The van der Waals surface area contributed by atoms with Gasteiger partial charge in [-0.25, -0.2) is 27.2 Å². The van der Waals surface area contributed by atoms with Crippen LogP contribution in [0.2, 0.25) is 0 Å². The number of ether oxygens (including phenoxy) is 3. The van der Waals surface area contributed by atoms with Crippen molar-refractivity contribution in [2.75, 3.05) is 47.0 Å². The number of amides is 2. The summed E-state index contributed by atoms with van der Waals surface area (Å²) >= 11 is 0. The third kappa shape index (κ3) is 14.1. The molecule has 2 amide bonds. The van der Waals surface area contributed by atoms with Crippen LogP contribution in [0.4, 0.5) is 27.2 Å². The summed E-state index contributed by atoms with van der Waals surface area (Å²) in [6.07, 6.45) is -3.35. The van der Waals surface area contributed by atoms with E-state index in [2.05, 4.69) is 0 Å². The molecule has 2 saturated heterocycles. The normalized spacial score (nSPS) is 16.6. The number of carbonyl (C=O) groups excluding carboxylic acids is 2. The zero-order valence-corrected chi connectivity index (χ0v) is 34.1. The predicted octanol–water partition coefficient (Wildman–Crippen LogP) is 4.73. The van der Waals surface area contributed by atoms with E-state index in [0.29, 0.717) is 51.9 Å². The number of aliphatic hydroxyl groups excluding tert-OH is 2. The largest absolute Gasteiger partial charge is 1.00 e. The van der Waals surface area contributed by atoms with Crippen molar-refractivity contribution >= 4 is 20.6 Å². The molecule has 2 fully saturated rings. The van der Waals surface area contributed by atoms with Gasteiger partial charge < -0.3 is 35.7 Å². The number of rotatable bonds is 6. The molecule has 3 radical (unpaired) electrons. The van der Waals surface area contributed by atoms with Gasteiger partial charge in [0.25, 0.3) is 12.9 Å². The molecular formula is C37H55BF4N2NaO7. The van der Waals surface area contributed by atoms with E-state index < -0.39 is 35.1 Å². The van der Waals surface area contributed by atoms with Crippen LogP contribution in [-0.2, 0) is 25.2 Å². The predicted molar refractivity (Wildman–Crippen MR) is 189 cm³/mol. The third-order valence-corrected chi connectivity index (χ3v) is 8.75. The number of halogens is 4. The van der Waals surface area contributed by atoms with Gasteiger partial charge in [0.15, 0.2) is 0 Å². The van der Waals surface area contributed by atoms with E-state index in [9.17, 15) is 32.3 Å². The quantitative estimate of drug-likeness (QED) is 0.325. The van der Waals surface area contributed by atoms with Crippen molar-refractivity contribution in [2.24, 2.45) is 0 Å². The molecule has 2 heterocycles. The first-order valence-corrected chi connectivity index (χ1v) is 16.7. The van der Waals surface area contributed by atoms with Crippen LogP contribution >= 0.6 is 0 Å². The fraction of sp³-hybridized carbons (Fsp3) is 0.622. The first kappa shape index (κ1) is 49.6. The van der Waals surface area contributed by atoms with E-state index in [1.807, 2.05) is 41.5 Å². The molecule has 9 nitrogen and oxygen atoms in total. The number of benzene rings is 2. The second-order valence-corrected chi connectivity index (χ2v) is 14.4. The zero-order chi connectivity index (χ0) is 37.9. The van der Waals surface area contributed by atoms with Crippen LogP contribution < -0.4 is 29.6 Å². The number of nitrogens with zero attached hydrogens (tertiary/aromatic N) is 2. The molecule has 0 spiro atoms. The molecule has 2 N–H and O–H groups in total. The Kier molecular flexibility index (Phi) is 20.5. The fourth-order valence-corrected chi connectivity index (χ4v) is 5.88. The SMILES string of the molecule is CC(C)(C)OC(=O)N1CCC(CO)(c2ccc(C(F)F)cc2)CC1.CO.COC1(c2ccc(C(F)F)cc2)CCN(C(=O)OC(C)(C)C)CC1.[B].[H-].[Na+]. The van der Waals surface area contributed by atoms with Crippen LogP contribution in [0.15, 0.2) is 48.5 Å². The molecule has 2 aromatic carbocycles. The maximum Gasteiger partial charge on any atom is 1.00 e. The van der Waals surface area contributed by atoms with Crippen molar-refractivity contribution in [2.45, 2.75) is 102 Å². The second kappa shape index (κ2) is 21.5. The number of carbonyl (C=O) groups is 2. The fourth-order valence-electron chi connectivity index (χ4n) is 5.88. The van der Waals surface area contributed by atoms with Crippen LogP contribution in [0.1, 0.15) is 104 Å². The Hall–Kier alpha value is -2.36. The van der Waals surface area contributed by atoms with Gasteiger partial charge in [0, 0.05) is 65.4 Å². The first-order valence-electron chi connectivity index (χ1n) is 16.7. The number of hydrogen-bond acceptors (Lipinski definition) is 7. The van der Waals surface area contributed by atoms with E-state index in [-0.39, 0.29) is 69.3 Å². The van der Waals surface area contributed by atoms with Crippen LogP contribution in [0.3, 0.4) is 0 Å². The van der Waals surface area contributed by atoms with Gasteiger partial charge in [-0.1, -0.05) is 48.5 Å². The van der Waals surface area contributed by atoms with Gasteiger partial charge in [0.2, 0.25) is 0 Å². The van der Waals surface area contributed by atoms with E-state index in [1.54, 1.807) is 41.2 Å². The molecular weight excluding hydrogens is 694 g/mol. The molecule has 52 heavy (non-hydrogen) atoms. The molecule has 0 unspecified atom stereocenters. The average Bonchev–Trinajstić information content (AvgIpc) is 3.08. The van der Waals surface area contributed by atoms with E-state index >= 15 is 0 Å². The van der Waals surface area contributed by atoms with Crippen LogP contribution in [-0.4, -0.2) is 98.8 Å². The van der Waals surface area contributed by atoms with Crippen molar-refractivity contribution in [3.05, 3.63) is 70.8 Å². The van der Waals surface area contributed by atoms with Crippen molar-refractivity contribution in [1.82, 2.24) is 9.80 Å². The van der Waals surface area contributed by atoms with E-state index in [0.717, 1.165) is 18.2 Å². The van der Waals surface area contributed by atoms with Crippen molar-refractivity contribution in [3.8, 4) is 0 Å². The molecule has 0 aliphatic carbocycles. The monoisotopic (exact) mass is 749 g/mol. The Balaban J connectivity index is 0. The number of methoxy groups -OCH3 is 1. The molecule has 0 aromatic heterocycles. The second-order valence-electron chi connectivity index (χ2n) is 14.4. The molecule has 15 heteroatoms. The summed E-state index contributed by atoms with van der Waals surface area (Å²) in [5.41, 5.74) is -0.477. The molecule has 4 rings (SSSR count). The van der Waals surface area contributed by atoms with Crippen molar-refractivity contribution < 1.29 is 82.6 Å². The number of aliphatic hydroxyl groups is 2. The van der Waals surface area contributed by atoms with E-state index in [4.69, 9.17) is 19.3 Å². The Labute approximate surface area is 331 Å². The minimum atomic E-state index is -2.50. The summed E-state index contributed by atoms with van der Waals surface area (Å²) in [4.78, 5) is 27.6. The zero-order valence-electron chi connectivity index (χ0n) is 33.1. The molecule has 0 atom stereocenters. The molecule has 2 aliphatic heterocycles. The third-order valence-electron chi connectivity index (χ3n) is 8.75.